The van der Waals surface area contributed by atoms with Gasteiger partial charge in [-0.05, 0) is 17.5 Å². The molecule has 6 nitrogen and oxygen atoms in total. The zero-order valence-corrected chi connectivity index (χ0v) is 15.4. The van der Waals surface area contributed by atoms with Crippen molar-refractivity contribution in [3.63, 3.8) is 0 Å². The first-order valence-electron chi connectivity index (χ1n) is 8.98. The number of carbonyl (C=O) groups excluding carboxylic acids is 1. The summed E-state index contributed by atoms with van der Waals surface area (Å²) in [4.78, 5) is 30.1. The molecule has 0 bridgehead atoms. The van der Waals surface area contributed by atoms with Crippen LogP contribution in [0.1, 0.15) is 4.88 Å². The van der Waals surface area contributed by atoms with Gasteiger partial charge in [0.1, 0.15) is 6.54 Å². The molecule has 0 saturated carbocycles. The Morgan fingerprint density at radius 1 is 1.19 bits per heavy atom. The zero-order valence-electron chi connectivity index (χ0n) is 14.6. The van der Waals surface area contributed by atoms with Gasteiger partial charge in [-0.15, -0.1) is 11.3 Å². The van der Waals surface area contributed by atoms with Gasteiger partial charge in [0.05, 0.1) is 12.7 Å². The first kappa shape index (κ1) is 17.5. The van der Waals surface area contributed by atoms with E-state index in [4.69, 9.17) is 4.74 Å². The summed E-state index contributed by atoms with van der Waals surface area (Å²) in [6, 6.07) is 9.18. The highest BCUT2D eigenvalue weighted by molar-refractivity contribution is 7.09. The zero-order chi connectivity index (χ0) is 17.9. The third-order valence-corrected chi connectivity index (χ3v) is 5.99. The van der Waals surface area contributed by atoms with E-state index in [1.807, 2.05) is 4.90 Å². The third kappa shape index (κ3) is 3.90. The standard InChI is InChI=1S/C19H23N3O3S/c23-18-5-1-2-6-21(18)14-19(24)22-11-15-10-20(7-8-25-17(15)13-22)12-16-4-3-9-26-16/h1-6,9,15,17H,7-8,10-14H2/t15-,17+/m0/s1. The quantitative estimate of drug-likeness (QED) is 0.810. The number of amides is 1. The number of rotatable bonds is 4. The van der Waals surface area contributed by atoms with Crippen LogP contribution in [0.4, 0.5) is 0 Å². The van der Waals surface area contributed by atoms with Crippen LogP contribution in [0.5, 0.6) is 0 Å². The van der Waals surface area contributed by atoms with E-state index in [9.17, 15) is 9.59 Å². The molecular formula is C19H23N3O3S. The van der Waals surface area contributed by atoms with Crippen molar-refractivity contribution in [2.75, 3.05) is 32.8 Å². The van der Waals surface area contributed by atoms with Crippen LogP contribution in [0.15, 0.2) is 46.7 Å². The smallest absolute Gasteiger partial charge is 0.250 e. The Hall–Kier alpha value is -1.96. The molecule has 2 saturated heterocycles. The Kier molecular flexibility index (Phi) is 5.19. The van der Waals surface area contributed by atoms with Gasteiger partial charge in [-0.1, -0.05) is 12.1 Å². The van der Waals surface area contributed by atoms with Gasteiger partial charge in [0.25, 0.3) is 5.56 Å². The van der Waals surface area contributed by atoms with E-state index in [1.165, 1.54) is 15.5 Å². The van der Waals surface area contributed by atoms with Crippen molar-refractivity contribution in [2.24, 2.45) is 5.92 Å². The summed E-state index contributed by atoms with van der Waals surface area (Å²) in [5.41, 5.74) is -0.146. The van der Waals surface area contributed by atoms with Crippen LogP contribution < -0.4 is 5.56 Å². The second kappa shape index (κ2) is 7.73. The molecule has 4 heterocycles. The van der Waals surface area contributed by atoms with Gasteiger partial charge >= 0.3 is 0 Å². The first-order valence-corrected chi connectivity index (χ1v) is 9.86. The van der Waals surface area contributed by atoms with Crippen molar-refractivity contribution in [2.45, 2.75) is 19.2 Å². The Morgan fingerprint density at radius 2 is 2.12 bits per heavy atom. The number of fused-ring (bicyclic) bond motifs is 1. The topological polar surface area (TPSA) is 54.8 Å². The summed E-state index contributed by atoms with van der Waals surface area (Å²) < 4.78 is 7.49. The van der Waals surface area contributed by atoms with E-state index in [0.717, 1.165) is 19.6 Å². The van der Waals surface area contributed by atoms with Crippen LogP contribution in [0.3, 0.4) is 0 Å². The van der Waals surface area contributed by atoms with Gasteiger partial charge in [0.2, 0.25) is 5.91 Å². The fourth-order valence-electron chi connectivity index (χ4n) is 3.77. The van der Waals surface area contributed by atoms with Gasteiger partial charge < -0.3 is 14.2 Å². The highest BCUT2D eigenvalue weighted by atomic mass is 32.1. The molecule has 2 aromatic heterocycles. The number of nitrogens with zero attached hydrogens (tertiary/aromatic N) is 3. The van der Waals surface area contributed by atoms with Gasteiger partial charge in [-0.3, -0.25) is 14.5 Å². The van der Waals surface area contributed by atoms with E-state index in [2.05, 4.69) is 22.4 Å². The van der Waals surface area contributed by atoms with Crippen LogP contribution in [0.25, 0.3) is 0 Å². The summed E-state index contributed by atoms with van der Waals surface area (Å²) in [5.74, 6) is 0.314. The van der Waals surface area contributed by atoms with Crippen molar-refractivity contribution in [1.82, 2.24) is 14.4 Å². The molecule has 2 aromatic rings. The maximum atomic E-state index is 12.6. The molecule has 2 atom stereocenters. The van der Waals surface area contributed by atoms with E-state index in [1.54, 1.807) is 29.7 Å². The minimum absolute atomic E-state index is 0.0141. The lowest BCUT2D eigenvalue weighted by molar-refractivity contribution is -0.131. The first-order chi connectivity index (χ1) is 12.7. The third-order valence-electron chi connectivity index (χ3n) is 5.13. The minimum Gasteiger partial charge on any atom is -0.375 e. The average Bonchev–Trinajstić information content (AvgIpc) is 3.24. The molecule has 2 aliphatic heterocycles. The number of thiophene rings is 1. The molecule has 0 spiro atoms. The maximum Gasteiger partial charge on any atom is 0.250 e. The van der Waals surface area contributed by atoms with Crippen LogP contribution in [0, 0.1) is 5.92 Å². The van der Waals surface area contributed by atoms with Crippen LogP contribution in [0.2, 0.25) is 0 Å². The monoisotopic (exact) mass is 373 g/mol. The fraction of sp³-hybridized carbons (Fsp3) is 0.474. The number of hydrogen-bond donors (Lipinski definition) is 0. The molecule has 0 aliphatic carbocycles. The Morgan fingerprint density at radius 3 is 2.92 bits per heavy atom. The fourth-order valence-corrected chi connectivity index (χ4v) is 4.52. The van der Waals surface area contributed by atoms with E-state index >= 15 is 0 Å². The molecule has 138 valence electrons. The molecule has 0 unspecified atom stereocenters. The number of aromatic nitrogens is 1. The molecule has 2 fully saturated rings. The molecule has 0 radical (unpaired) electrons. The summed E-state index contributed by atoms with van der Waals surface area (Å²) >= 11 is 1.78. The maximum absolute atomic E-state index is 12.6. The lowest BCUT2D eigenvalue weighted by Crippen LogP contribution is -2.36. The van der Waals surface area contributed by atoms with E-state index < -0.39 is 0 Å². The van der Waals surface area contributed by atoms with Crippen molar-refractivity contribution in [3.05, 3.63) is 57.1 Å². The average molecular weight is 373 g/mol. The summed E-state index contributed by atoms with van der Waals surface area (Å²) in [6.45, 7) is 4.93. The Balaban J connectivity index is 1.38. The second-order valence-electron chi connectivity index (χ2n) is 6.95. The highest BCUT2D eigenvalue weighted by Gasteiger charge is 2.38. The number of pyridine rings is 1. The molecule has 7 heteroatoms. The molecular weight excluding hydrogens is 350 g/mol. The molecule has 0 aromatic carbocycles. The van der Waals surface area contributed by atoms with Gasteiger partial charge in [-0.25, -0.2) is 0 Å². The highest BCUT2D eigenvalue weighted by Crippen LogP contribution is 2.25. The van der Waals surface area contributed by atoms with Crippen molar-refractivity contribution < 1.29 is 9.53 Å². The normalized spacial score (nSPS) is 23.6. The van der Waals surface area contributed by atoms with E-state index in [0.29, 0.717) is 25.6 Å². The summed E-state index contributed by atoms with van der Waals surface area (Å²) in [6.07, 6.45) is 1.76. The SMILES string of the molecule is O=C(Cn1ccccc1=O)N1C[C@@H]2CN(Cc3cccs3)CCO[C@@H]2C1. The van der Waals surface area contributed by atoms with Crippen molar-refractivity contribution in [3.8, 4) is 0 Å². The lowest BCUT2D eigenvalue weighted by Gasteiger charge is -2.23. The number of carbonyl (C=O) groups is 1. The van der Waals surface area contributed by atoms with E-state index in [-0.39, 0.29) is 24.1 Å². The molecule has 4 rings (SSSR count). The summed E-state index contributed by atoms with van der Waals surface area (Å²) in [7, 11) is 0. The Bertz CT molecular complexity index is 804. The van der Waals surface area contributed by atoms with Crippen LogP contribution in [-0.4, -0.2) is 59.2 Å². The predicted molar refractivity (Wildman–Crippen MR) is 100 cm³/mol. The molecule has 26 heavy (non-hydrogen) atoms. The Labute approximate surface area is 156 Å². The minimum atomic E-state index is -0.146. The van der Waals surface area contributed by atoms with Crippen molar-refractivity contribution in [1.29, 1.82) is 0 Å². The summed E-state index contributed by atoms with van der Waals surface area (Å²) in [5, 5.41) is 2.11. The van der Waals surface area contributed by atoms with Gasteiger partial charge in [-0.2, -0.15) is 0 Å². The number of likely N-dealkylation sites (tertiary alicyclic amines) is 1. The van der Waals surface area contributed by atoms with Crippen LogP contribution in [-0.2, 0) is 22.6 Å². The largest absolute Gasteiger partial charge is 0.375 e. The second-order valence-corrected chi connectivity index (χ2v) is 7.98. The van der Waals surface area contributed by atoms with Gasteiger partial charge in [0.15, 0.2) is 0 Å². The predicted octanol–water partition coefficient (Wildman–Crippen LogP) is 1.27. The molecule has 1 amide bonds. The van der Waals surface area contributed by atoms with Crippen molar-refractivity contribution >= 4 is 17.2 Å². The van der Waals surface area contributed by atoms with Gasteiger partial charge in [0, 0.05) is 55.8 Å². The molecule has 2 aliphatic rings. The number of hydrogen-bond acceptors (Lipinski definition) is 5. The van der Waals surface area contributed by atoms with Crippen LogP contribution >= 0.6 is 11.3 Å². The number of ether oxygens (including phenoxy) is 1. The lowest BCUT2D eigenvalue weighted by atomic mass is 10.1. The molecule has 0 N–H and O–H groups in total.